The molecule has 1 aliphatic carbocycles. The number of rotatable bonds is 3. The minimum absolute atomic E-state index is 0.0680. The lowest BCUT2D eigenvalue weighted by atomic mass is 9.88. The molecule has 0 radical (unpaired) electrons. The Morgan fingerprint density at radius 2 is 2.00 bits per heavy atom. The fourth-order valence-electron chi connectivity index (χ4n) is 3.83. The van der Waals surface area contributed by atoms with Gasteiger partial charge in [0.2, 0.25) is 5.79 Å². The number of amides is 1. The fraction of sp³-hybridized carbons (Fsp3) is 0.409. The molecule has 6 heteroatoms. The van der Waals surface area contributed by atoms with Crippen LogP contribution in [0.3, 0.4) is 0 Å². The Hall–Kier alpha value is -2.57. The Morgan fingerprint density at radius 1 is 1.18 bits per heavy atom. The van der Waals surface area contributed by atoms with Crippen LogP contribution >= 0.6 is 0 Å². The van der Waals surface area contributed by atoms with Gasteiger partial charge in [-0.15, -0.1) is 0 Å². The number of nitrogens with one attached hydrogen (secondary N) is 1. The van der Waals surface area contributed by atoms with E-state index in [-0.39, 0.29) is 11.8 Å². The molecule has 0 bridgehead atoms. The van der Waals surface area contributed by atoms with E-state index in [1.807, 2.05) is 19.9 Å². The molecular formula is C22H25NO5. The van der Waals surface area contributed by atoms with Crippen LogP contribution in [0.4, 0.5) is 0 Å². The number of carbonyl (C=O) groups excluding carboxylic acids is 1. The molecule has 2 aliphatic rings. The maximum atomic E-state index is 12.6. The second kappa shape index (κ2) is 7.11. The SMILES string of the molecule is CC1(C)OCc2cc([C@@H](O)C(=O)N[C@@H]3CCc4ccc(O)cc4C3)ccc2O1. The van der Waals surface area contributed by atoms with E-state index in [2.05, 4.69) is 5.32 Å². The first kappa shape index (κ1) is 18.8. The van der Waals surface area contributed by atoms with Crippen LogP contribution in [0.25, 0.3) is 0 Å². The molecule has 2 aromatic rings. The number of aliphatic hydroxyl groups excluding tert-OH is 1. The van der Waals surface area contributed by atoms with Gasteiger partial charge in [0.15, 0.2) is 6.10 Å². The number of hydrogen-bond acceptors (Lipinski definition) is 5. The van der Waals surface area contributed by atoms with Crippen molar-refractivity contribution < 1.29 is 24.5 Å². The third-order valence-corrected chi connectivity index (χ3v) is 5.34. The summed E-state index contributed by atoms with van der Waals surface area (Å²) in [4.78, 5) is 12.6. The molecular weight excluding hydrogens is 358 g/mol. The third-order valence-electron chi connectivity index (χ3n) is 5.34. The summed E-state index contributed by atoms with van der Waals surface area (Å²) in [6.45, 7) is 4.05. The van der Waals surface area contributed by atoms with Crippen molar-refractivity contribution in [1.29, 1.82) is 0 Å². The van der Waals surface area contributed by atoms with Gasteiger partial charge in [0.05, 0.1) is 6.61 Å². The van der Waals surface area contributed by atoms with Crippen LogP contribution in [0.15, 0.2) is 36.4 Å². The number of phenolic OH excluding ortho intramolecular Hbond substituents is 1. The molecule has 0 saturated heterocycles. The number of benzene rings is 2. The molecule has 0 spiro atoms. The molecule has 1 aliphatic heterocycles. The first-order valence-electron chi connectivity index (χ1n) is 9.56. The summed E-state index contributed by atoms with van der Waals surface area (Å²) in [7, 11) is 0. The van der Waals surface area contributed by atoms with Gasteiger partial charge in [0.1, 0.15) is 11.5 Å². The zero-order valence-corrected chi connectivity index (χ0v) is 16.1. The van der Waals surface area contributed by atoms with Crippen molar-refractivity contribution in [1.82, 2.24) is 5.32 Å². The van der Waals surface area contributed by atoms with Crippen molar-refractivity contribution in [3.63, 3.8) is 0 Å². The lowest BCUT2D eigenvalue weighted by molar-refractivity contribution is -0.180. The predicted molar refractivity (Wildman–Crippen MR) is 103 cm³/mol. The van der Waals surface area contributed by atoms with Crippen molar-refractivity contribution in [2.75, 3.05) is 0 Å². The Kier molecular flexibility index (Phi) is 4.77. The van der Waals surface area contributed by atoms with Crippen molar-refractivity contribution in [3.05, 3.63) is 58.7 Å². The van der Waals surface area contributed by atoms with Gasteiger partial charge in [-0.3, -0.25) is 4.79 Å². The van der Waals surface area contributed by atoms with Crippen molar-refractivity contribution in [2.24, 2.45) is 0 Å². The minimum atomic E-state index is -1.26. The van der Waals surface area contributed by atoms with Gasteiger partial charge >= 0.3 is 0 Å². The Balaban J connectivity index is 1.43. The summed E-state index contributed by atoms with van der Waals surface area (Å²) in [5, 5.41) is 23.1. The van der Waals surface area contributed by atoms with Crippen LogP contribution in [-0.4, -0.2) is 27.9 Å². The summed E-state index contributed by atoms with van der Waals surface area (Å²) >= 11 is 0. The van der Waals surface area contributed by atoms with E-state index in [9.17, 15) is 15.0 Å². The number of fused-ring (bicyclic) bond motifs is 2. The topological polar surface area (TPSA) is 88.0 Å². The van der Waals surface area contributed by atoms with E-state index in [1.165, 1.54) is 5.56 Å². The highest BCUT2D eigenvalue weighted by Gasteiger charge is 2.29. The number of carbonyl (C=O) groups is 1. The maximum Gasteiger partial charge on any atom is 0.253 e. The fourth-order valence-corrected chi connectivity index (χ4v) is 3.83. The van der Waals surface area contributed by atoms with E-state index in [1.54, 1.807) is 30.3 Å². The molecule has 0 saturated carbocycles. The molecule has 1 amide bonds. The molecule has 4 rings (SSSR count). The lowest BCUT2D eigenvalue weighted by Gasteiger charge is -2.33. The second-order valence-electron chi connectivity index (χ2n) is 7.96. The highest BCUT2D eigenvalue weighted by Crippen LogP contribution is 2.33. The normalized spacial score (nSPS) is 21.0. The van der Waals surface area contributed by atoms with Crippen LogP contribution in [-0.2, 0) is 29.0 Å². The van der Waals surface area contributed by atoms with E-state index in [0.29, 0.717) is 24.3 Å². The highest BCUT2D eigenvalue weighted by molar-refractivity contribution is 5.82. The van der Waals surface area contributed by atoms with Gasteiger partial charge in [0.25, 0.3) is 5.91 Å². The second-order valence-corrected chi connectivity index (χ2v) is 7.96. The van der Waals surface area contributed by atoms with Crippen molar-refractivity contribution in [2.45, 2.75) is 57.6 Å². The third kappa shape index (κ3) is 3.84. The molecule has 0 unspecified atom stereocenters. The van der Waals surface area contributed by atoms with Gasteiger partial charge < -0.3 is 25.0 Å². The van der Waals surface area contributed by atoms with Gasteiger partial charge in [0, 0.05) is 25.5 Å². The zero-order chi connectivity index (χ0) is 19.9. The van der Waals surface area contributed by atoms with Crippen LogP contribution in [0.1, 0.15) is 48.6 Å². The Bertz CT molecular complexity index is 908. The van der Waals surface area contributed by atoms with E-state index >= 15 is 0 Å². The number of ether oxygens (including phenoxy) is 2. The highest BCUT2D eigenvalue weighted by atomic mass is 16.7. The molecule has 2 atom stereocenters. The summed E-state index contributed by atoms with van der Waals surface area (Å²) in [5.41, 5.74) is 3.56. The quantitative estimate of drug-likeness (QED) is 0.759. The smallest absolute Gasteiger partial charge is 0.253 e. The lowest BCUT2D eigenvalue weighted by Crippen LogP contribution is -2.41. The first-order valence-corrected chi connectivity index (χ1v) is 9.56. The number of phenols is 1. The van der Waals surface area contributed by atoms with Gasteiger partial charge in [-0.25, -0.2) is 0 Å². The van der Waals surface area contributed by atoms with Crippen molar-refractivity contribution >= 4 is 5.91 Å². The predicted octanol–water partition coefficient (Wildman–Crippen LogP) is 2.74. The van der Waals surface area contributed by atoms with Gasteiger partial charge in [-0.2, -0.15) is 0 Å². The number of aromatic hydroxyl groups is 1. The standard InChI is InChI=1S/C22H25NO5/c1-22(2)27-12-16-9-14(5-8-19(16)28-22)20(25)21(26)23-17-6-3-13-4-7-18(24)11-15(13)10-17/h4-5,7-9,11,17,20,24-25H,3,6,10,12H2,1-2H3,(H,23,26)/t17-,20-/m1/s1. The number of aryl methyl sites for hydroxylation is 1. The number of hydrogen-bond donors (Lipinski definition) is 3. The molecule has 0 fully saturated rings. The van der Waals surface area contributed by atoms with Crippen LogP contribution in [0, 0.1) is 0 Å². The van der Waals surface area contributed by atoms with Gasteiger partial charge in [-0.1, -0.05) is 12.1 Å². The summed E-state index contributed by atoms with van der Waals surface area (Å²) in [6.07, 6.45) is 1.02. The van der Waals surface area contributed by atoms with E-state index in [4.69, 9.17) is 9.47 Å². The van der Waals surface area contributed by atoms with Crippen molar-refractivity contribution in [3.8, 4) is 11.5 Å². The summed E-state index contributed by atoms with van der Waals surface area (Å²) in [5.74, 6) is -0.175. The minimum Gasteiger partial charge on any atom is -0.508 e. The summed E-state index contributed by atoms with van der Waals surface area (Å²) in [6, 6.07) is 10.5. The van der Waals surface area contributed by atoms with E-state index < -0.39 is 17.8 Å². The largest absolute Gasteiger partial charge is 0.508 e. The average molecular weight is 383 g/mol. The van der Waals surface area contributed by atoms with Crippen LogP contribution < -0.4 is 10.1 Å². The number of aliphatic hydroxyl groups is 1. The molecule has 0 aromatic heterocycles. The monoisotopic (exact) mass is 383 g/mol. The first-order chi connectivity index (χ1) is 13.3. The van der Waals surface area contributed by atoms with Gasteiger partial charge in [-0.05, 0) is 60.2 Å². The van der Waals surface area contributed by atoms with Crippen LogP contribution in [0.2, 0.25) is 0 Å². The molecule has 148 valence electrons. The van der Waals surface area contributed by atoms with E-state index in [0.717, 1.165) is 24.0 Å². The molecule has 1 heterocycles. The molecule has 6 nitrogen and oxygen atoms in total. The maximum absolute atomic E-state index is 12.6. The molecule has 28 heavy (non-hydrogen) atoms. The Labute approximate surface area is 164 Å². The molecule has 2 aromatic carbocycles. The van der Waals surface area contributed by atoms with Crippen LogP contribution in [0.5, 0.6) is 11.5 Å². The zero-order valence-electron chi connectivity index (χ0n) is 16.1. The summed E-state index contributed by atoms with van der Waals surface area (Å²) < 4.78 is 11.4. The Morgan fingerprint density at radius 3 is 2.82 bits per heavy atom. The average Bonchev–Trinajstić information content (AvgIpc) is 2.66. The molecule has 3 N–H and O–H groups in total.